The van der Waals surface area contributed by atoms with Crippen LogP contribution in [0.4, 0.5) is 0 Å². The van der Waals surface area contributed by atoms with Crippen LogP contribution in [0.2, 0.25) is 0 Å². The van der Waals surface area contributed by atoms with Gasteiger partial charge in [0.25, 0.3) is 6.02 Å². The summed E-state index contributed by atoms with van der Waals surface area (Å²) in [5, 5.41) is 4.98. The van der Waals surface area contributed by atoms with E-state index in [0.717, 1.165) is 30.6 Å². The number of hydrogen-bond donors (Lipinski definition) is 3. The first-order chi connectivity index (χ1) is 15.8. The van der Waals surface area contributed by atoms with Crippen molar-refractivity contribution in [3.05, 3.63) is 22.4 Å². The maximum atomic E-state index is 13.5. The molecule has 33 heavy (non-hydrogen) atoms. The summed E-state index contributed by atoms with van der Waals surface area (Å²) in [5.41, 5.74) is 12.5. The molecule has 0 spiro atoms. The highest BCUT2D eigenvalue weighted by atomic mass is 32.1. The minimum Gasteiger partial charge on any atom is -0.460 e. The van der Waals surface area contributed by atoms with Crippen LogP contribution in [0.5, 0.6) is 0 Å². The summed E-state index contributed by atoms with van der Waals surface area (Å²) in [6, 6.07) is 3.49. The number of ether oxygens (including phenoxy) is 1. The van der Waals surface area contributed by atoms with Crippen molar-refractivity contribution in [1.29, 1.82) is 0 Å². The van der Waals surface area contributed by atoms with Gasteiger partial charge in [0.1, 0.15) is 12.1 Å². The molecule has 1 aliphatic carbocycles. The van der Waals surface area contributed by atoms with Crippen LogP contribution in [0.25, 0.3) is 0 Å². The molecule has 2 amide bonds. The predicted molar refractivity (Wildman–Crippen MR) is 129 cm³/mol. The number of amidine groups is 1. The van der Waals surface area contributed by atoms with Crippen LogP contribution < -0.4 is 16.8 Å². The van der Waals surface area contributed by atoms with Crippen molar-refractivity contribution >= 4 is 29.2 Å². The van der Waals surface area contributed by atoms with Crippen LogP contribution in [0.3, 0.4) is 0 Å². The standard InChI is InChI=1S/C23H36N6O3S/c1-14-15(2)32-23(27-14)28-9-10-29(22(31)20(25)16-5-7-17(24)8-6-16)19(13-28)21(30)26-12-18-4-3-11-33-18/h3-4,11,14-17,19-20H,5-10,12-13,24-25H2,1-2H3,(H,26,30)/t14-,15-,16?,17?,19-,20+/m0/s1. The van der Waals surface area contributed by atoms with Crippen LogP contribution in [0.15, 0.2) is 22.5 Å². The Morgan fingerprint density at radius 2 is 2.03 bits per heavy atom. The van der Waals surface area contributed by atoms with E-state index in [4.69, 9.17) is 16.2 Å². The molecule has 5 N–H and O–H groups in total. The van der Waals surface area contributed by atoms with Crippen molar-refractivity contribution in [2.24, 2.45) is 22.4 Å². The molecule has 4 rings (SSSR count). The number of carbonyl (C=O) groups excluding carboxylic acids is 2. The second-order valence-electron chi connectivity index (χ2n) is 9.47. The van der Waals surface area contributed by atoms with Crippen LogP contribution in [-0.4, -0.2) is 77.5 Å². The smallest absolute Gasteiger partial charge is 0.288 e. The van der Waals surface area contributed by atoms with Gasteiger partial charge in [0.15, 0.2) is 0 Å². The number of nitrogens with one attached hydrogen (secondary N) is 1. The zero-order valence-electron chi connectivity index (χ0n) is 19.5. The van der Waals surface area contributed by atoms with Crippen LogP contribution in [0, 0.1) is 5.92 Å². The Bertz CT molecular complexity index is 854. The molecule has 3 aliphatic rings. The molecule has 2 aliphatic heterocycles. The maximum absolute atomic E-state index is 13.5. The largest absolute Gasteiger partial charge is 0.460 e. The molecular weight excluding hydrogens is 440 g/mol. The lowest BCUT2D eigenvalue weighted by Gasteiger charge is -2.42. The molecule has 4 atom stereocenters. The Morgan fingerprint density at radius 3 is 2.67 bits per heavy atom. The number of nitrogens with two attached hydrogens (primary N) is 2. The maximum Gasteiger partial charge on any atom is 0.288 e. The van der Waals surface area contributed by atoms with Gasteiger partial charge < -0.3 is 31.3 Å². The van der Waals surface area contributed by atoms with E-state index in [9.17, 15) is 9.59 Å². The Hall–Kier alpha value is -2.17. The van der Waals surface area contributed by atoms with Crippen molar-refractivity contribution in [2.45, 2.75) is 76.3 Å². The van der Waals surface area contributed by atoms with Gasteiger partial charge in [-0.1, -0.05) is 6.07 Å². The number of nitrogens with zero attached hydrogens (tertiary/aromatic N) is 3. The first-order valence-corrected chi connectivity index (χ1v) is 12.8. The number of carbonyl (C=O) groups is 2. The lowest BCUT2D eigenvalue weighted by molar-refractivity contribution is -0.145. The van der Waals surface area contributed by atoms with E-state index < -0.39 is 12.1 Å². The molecule has 0 bridgehead atoms. The zero-order valence-corrected chi connectivity index (χ0v) is 20.3. The van der Waals surface area contributed by atoms with Gasteiger partial charge in [-0.25, -0.2) is 4.99 Å². The van der Waals surface area contributed by atoms with E-state index in [2.05, 4.69) is 10.3 Å². The molecule has 1 aromatic heterocycles. The second kappa shape index (κ2) is 10.4. The van der Waals surface area contributed by atoms with E-state index in [1.54, 1.807) is 16.2 Å². The Labute approximate surface area is 199 Å². The predicted octanol–water partition coefficient (Wildman–Crippen LogP) is 0.885. The van der Waals surface area contributed by atoms with Gasteiger partial charge in [0.05, 0.1) is 25.2 Å². The fraction of sp³-hybridized carbons (Fsp3) is 0.696. The molecular formula is C23H36N6O3S. The molecule has 3 heterocycles. The highest BCUT2D eigenvalue weighted by Gasteiger charge is 2.41. The molecule has 1 saturated carbocycles. The van der Waals surface area contributed by atoms with Crippen molar-refractivity contribution in [3.63, 3.8) is 0 Å². The lowest BCUT2D eigenvalue weighted by atomic mass is 9.81. The number of rotatable bonds is 5. The van der Waals surface area contributed by atoms with Gasteiger partial charge in [-0.2, -0.15) is 0 Å². The lowest BCUT2D eigenvalue weighted by Crippen LogP contribution is -2.64. The number of piperazine rings is 1. The quantitative estimate of drug-likeness (QED) is 0.579. The van der Waals surface area contributed by atoms with Crippen molar-refractivity contribution in [3.8, 4) is 0 Å². The van der Waals surface area contributed by atoms with Gasteiger partial charge in [-0.05, 0) is 56.9 Å². The molecule has 0 unspecified atom stereocenters. The van der Waals surface area contributed by atoms with Crippen LogP contribution >= 0.6 is 11.3 Å². The third-order valence-corrected chi connectivity index (χ3v) is 8.02. The molecule has 2 fully saturated rings. The van der Waals surface area contributed by atoms with Gasteiger partial charge in [-0.3, -0.25) is 9.59 Å². The summed E-state index contributed by atoms with van der Waals surface area (Å²) in [7, 11) is 0. The van der Waals surface area contributed by atoms with Gasteiger partial charge in [0.2, 0.25) is 11.8 Å². The number of thiophene rings is 1. The molecule has 1 saturated heterocycles. The normalized spacial score (nSPS) is 31.0. The summed E-state index contributed by atoms with van der Waals surface area (Å²) in [6.07, 6.45) is 3.47. The Kier molecular flexibility index (Phi) is 7.55. The van der Waals surface area contributed by atoms with Gasteiger partial charge >= 0.3 is 0 Å². The summed E-state index contributed by atoms with van der Waals surface area (Å²) in [6.45, 7) is 5.73. The number of hydrogen-bond acceptors (Lipinski definition) is 8. The molecule has 0 aromatic carbocycles. The Morgan fingerprint density at radius 1 is 1.27 bits per heavy atom. The Balaban J connectivity index is 1.47. The van der Waals surface area contributed by atoms with Crippen LogP contribution in [-0.2, 0) is 20.9 Å². The van der Waals surface area contributed by atoms with Crippen molar-refractivity contribution in [2.75, 3.05) is 19.6 Å². The monoisotopic (exact) mass is 476 g/mol. The topological polar surface area (TPSA) is 126 Å². The summed E-state index contributed by atoms with van der Waals surface area (Å²) >= 11 is 1.59. The van der Waals surface area contributed by atoms with E-state index in [1.165, 1.54) is 0 Å². The number of amides is 2. The first kappa shape index (κ1) is 24.0. The van der Waals surface area contributed by atoms with Gasteiger partial charge in [0, 0.05) is 24.0 Å². The molecule has 10 heteroatoms. The van der Waals surface area contributed by atoms with Crippen molar-refractivity contribution in [1.82, 2.24) is 15.1 Å². The zero-order chi connectivity index (χ0) is 23.5. The summed E-state index contributed by atoms with van der Waals surface area (Å²) < 4.78 is 5.91. The third kappa shape index (κ3) is 5.50. The minimum atomic E-state index is -0.652. The molecule has 1 aromatic rings. The summed E-state index contributed by atoms with van der Waals surface area (Å²) in [4.78, 5) is 36.1. The fourth-order valence-corrected chi connectivity index (χ4v) is 5.42. The van der Waals surface area contributed by atoms with Crippen LogP contribution in [0.1, 0.15) is 44.4 Å². The average Bonchev–Trinajstić information content (AvgIpc) is 3.46. The van der Waals surface area contributed by atoms with E-state index in [0.29, 0.717) is 32.2 Å². The van der Waals surface area contributed by atoms with E-state index in [-0.39, 0.29) is 35.9 Å². The third-order valence-electron chi connectivity index (χ3n) is 7.15. The van der Waals surface area contributed by atoms with E-state index in [1.807, 2.05) is 36.3 Å². The minimum absolute atomic E-state index is 0.00291. The molecule has 9 nitrogen and oxygen atoms in total. The highest BCUT2D eigenvalue weighted by Crippen LogP contribution is 2.27. The second-order valence-corrected chi connectivity index (χ2v) is 10.5. The molecule has 0 radical (unpaired) electrons. The SMILES string of the molecule is C[C@@H]1N=C(N2CCN(C(=O)[C@H](N)C3CCC(N)CC3)[C@H](C(=O)NCc3cccs3)C2)O[C@H]1C. The van der Waals surface area contributed by atoms with Crippen molar-refractivity contribution < 1.29 is 14.3 Å². The van der Waals surface area contributed by atoms with Gasteiger partial charge in [-0.15, -0.1) is 11.3 Å². The number of aliphatic imine (C=N–C) groups is 1. The van der Waals surface area contributed by atoms with E-state index >= 15 is 0 Å². The first-order valence-electron chi connectivity index (χ1n) is 11.9. The average molecular weight is 477 g/mol. The fourth-order valence-electron chi connectivity index (χ4n) is 4.78. The summed E-state index contributed by atoms with van der Waals surface area (Å²) in [5.74, 6) is -0.226. The highest BCUT2D eigenvalue weighted by molar-refractivity contribution is 7.09. The molecule has 182 valence electrons.